The van der Waals surface area contributed by atoms with Crippen LogP contribution in [0.3, 0.4) is 0 Å². The Bertz CT molecular complexity index is 1210. The molecule has 1 aromatic heterocycles. The minimum absolute atomic E-state index is 0.0910. The first-order valence-electron chi connectivity index (χ1n) is 13.1. The number of nitrogens with zero attached hydrogens (tertiary/aromatic N) is 5. The number of oxime groups is 1. The highest BCUT2D eigenvalue weighted by molar-refractivity contribution is 6.37. The van der Waals surface area contributed by atoms with E-state index in [9.17, 15) is 14.7 Å². The van der Waals surface area contributed by atoms with Gasteiger partial charge in [-0.1, -0.05) is 29.4 Å². The maximum Gasteiger partial charge on any atom is 0.271 e. The van der Waals surface area contributed by atoms with E-state index in [0.29, 0.717) is 31.2 Å². The van der Waals surface area contributed by atoms with Crippen molar-refractivity contribution >= 4 is 23.3 Å². The lowest BCUT2D eigenvalue weighted by Gasteiger charge is -2.59. The molecule has 1 atom stereocenters. The SMILES string of the molecule is CON=C(C)C(=O)N1CC2(CC(Nc3cc(C(=O)NC[C@H](O)CN4CCc5ccccc5C4)ncn3)C2)C1. The maximum atomic E-state index is 12.7. The number of carbonyl (C=O) groups excluding carboxylic acids is 2. The third-order valence-corrected chi connectivity index (χ3v) is 7.66. The van der Waals surface area contributed by atoms with Crippen LogP contribution in [-0.2, 0) is 22.6 Å². The third-order valence-electron chi connectivity index (χ3n) is 7.66. The molecule has 1 aliphatic carbocycles. The highest BCUT2D eigenvalue weighted by Crippen LogP contribution is 2.49. The summed E-state index contributed by atoms with van der Waals surface area (Å²) in [6.07, 6.45) is 3.52. The van der Waals surface area contributed by atoms with E-state index in [-0.39, 0.29) is 35.5 Å². The van der Waals surface area contributed by atoms with Gasteiger partial charge in [-0.05, 0) is 37.3 Å². The summed E-state index contributed by atoms with van der Waals surface area (Å²) in [7, 11) is 1.43. The number of anilines is 1. The molecule has 2 amide bonds. The minimum Gasteiger partial charge on any atom is -0.399 e. The lowest BCUT2D eigenvalue weighted by Crippen LogP contribution is -2.66. The van der Waals surface area contributed by atoms with Crippen LogP contribution in [0.2, 0.25) is 0 Å². The summed E-state index contributed by atoms with van der Waals surface area (Å²) in [6.45, 7) is 5.42. The van der Waals surface area contributed by atoms with Crippen molar-refractivity contribution in [1.82, 2.24) is 25.1 Å². The number of rotatable bonds is 9. The molecule has 202 valence electrons. The fourth-order valence-corrected chi connectivity index (χ4v) is 5.80. The van der Waals surface area contributed by atoms with Gasteiger partial charge in [-0.2, -0.15) is 0 Å². The van der Waals surface area contributed by atoms with E-state index in [1.807, 2.05) is 6.07 Å². The number of aliphatic hydroxyl groups excluding tert-OH is 1. The molecule has 3 aliphatic rings. The first kappa shape index (κ1) is 26.1. The van der Waals surface area contributed by atoms with Gasteiger partial charge in [0.05, 0.1) is 6.10 Å². The molecule has 1 aromatic carbocycles. The summed E-state index contributed by atoms with van der Waals surface area (Å²) in [5, 5.41) is 20.4. The zero-order valence-corrected chi connectivity index (χ0v) is 21.9. The molecular formula is C27H35N7O4. The van der Waals surface area contributed by atoms with E-state index in [1.54, 1.807) is 17.9 Å². The van der Waals surface area contributed by atoms with Crippen molar-refractivity contribution in [2.75, 3.05) is 45.2 Å². The van der Waals surface area contributed by atoms with Crippen molar-refractivity contribution < 1.29 is 19.5 Å². The van der Waals surface area contributed by atoms with Gasteiger partial charge < -0.3 is 25.5 Å². The van der Waals surface area contributed by atoms with Crippen LogP contribution >= 0.6 is 0 Å². The fraction of sp³-hybridized carbons (Fsp3) is 0.519. The largest absolute Gasteiger partial charge is 0.399 e. The lowest BCUT2D eigenvalue weighted by atomic mass is 9.60. The van der Waals surface area contributed by atoms with Crippen molar-refractivity contribution in [2.24, 2.45) is 10.6 Å². The summed E-state index contributed by atoms with van der Waals surface area (Å²) < 4.78 is 0. The molecule has 1 saturated heterocycles. The Morgan fingerprint density at radius 2 is 2.00 bits per heavy atom. The number of amides is 2. The number of aromatic nitrogens is 2. The second-order valence-corrected chi connectivity index (χ2v) is 10.7. The van der Waals surface area contributed by atoms with Crippen LogP contribution in [0.4, 0.5) is 5.82 Å². The van der Waals surface area contributed by atoms with Gasteiger partial charge in [0.25, 0.3) is 11.8 Å². The zero-order valence-electron chi connectivity index (χ0n) is 21.9. The molecule has 11 nitrogen and oxygen atoms in total. The van der Waals surface area contributed by atoms with Gasteiger partial charge in [-0.15, -0.1) is 0 Å². The molecule has 11 heteroatoms. The summed E-state index contributed by atoms with van der Waals surface area (Å²) in [5.41, 5.74) is 3.41. The second kappa shape index (κ2) is 11.0. The van der Waals surface area contributed by atoms with Crippen LogP contribution in [0.25, 0.3) is 0 Å². The van der Waals surface area contributed by atoms with E-state index in [2.05, 4.69) is 53.7 Å². The second-order valence-electron chi connectivity index (χ2n) is 10.7. The summed E-state index contributed by atoms with van der Waals surface area (Å²) in [4.78, 5) is 42.0. The van der Waals surface area contributed by atoms with Crippen molar-refractivity contribution in [3.8, 4) is 0 Å². The molecule has 0 radical (unpaired) electrons. The van der Waals surface area contributed by atoms with E-state index < -0.39 is 6.10 Å². The Labute approximate surface area is 222 Å². The topological polar surface area (TPSA) is 132 Å². The van der Waals surface area contributed by atoms with E-state index in [1.165, 1.54) is 24.6 Å². The molecule has 3 heterocycles. The molecule has 38 heavy (non-hydrogen) atoms. The molecule has 2 aliphatic heterocycles. The number of hydrogen-bond acceptors (Lipinski definition) is 9. The van der Waals surface area contributed by atoms with Crippen LogP contribution in [0.5, 0.6) is 0 Å². The minimum atomic E-state index is -0.673. The van der Waals surface area contributed by atoms with Gasteiger partial charge >= 0.3 is 0 Å². The predicted molar refractivity (Wildman–Crippen MR) is 142 cm³/mol. The van der Waals surface area contributed by atoms with Crippen molar-refractivity contribution in [1.29, 1.82) is 0 Å². The first-order valence-corrected chi connectivity index (χ1v) is 13.1. The summed E-state index contributed by atoms with van der Waals surface area (Å²) in [6, 6.07) is 10.2. The monoisotopic (exact) mass is 521 g/mol. The Hall–Kier alpha value is -3.57. The van der Waals surface area contributed by atoms with Crippen molar-refractivity contribution in [3.05, 3.63) is 53.5 Å². The highest BCUT2D eigenvalue weighted by Gasteiger charge is 2.54. The highest BCUT2D eigenvalue weighted by atomic mass is 16.6. The molecular weight excluding hydrogens is 486 g/mol. The number of likely N-dealkylation sites (tertiary alicyclic amines) is 1. The Morgan fingerprint density at radius 3 is 2.76 bits per heavy atom. The van der Waals surface area contributed by atoms with Crippen LogP contribution in [0.15, 0.2) is 41.8 Å². The van der Waals surface area contributed by atoms with Gasteiger partial charge in [0.15, 0.2) is 0 Å². The van der Waals surface area contributed by atoms with Crippen LogP contribution in [0.1, 0.15) is 41.4 Å². The smallest absolute Gasteiger partial charge is 0.271 e. The van der Waals surface area contributed by atoms with Gasteiger partial charge in [0, 0.05) is 56.8 Å². The average molecular weight is 522 g/mol. The molecule has 2 aromatic rings. The van der Waals surface area contributed by atoms with Crippen LogP contribution in [-0.4, -0.2) is 94.4 Å². The Kier molecular flexibility index (Phi) is 7.57. The quantitative estimate of drug-likeness (QED) is 0.330. The summed E-state index contributed by atoms with van der Waals surface area (Å²) in [5.74, 6) is 0.157. The summed E-state index contributed by atoms with van der Waals surface area (Å²) >= 11 is 0. The number of hydrogen-bond donors (Lipinski definition) is 3. The van der Waals surface area contributed by atoms with Crippen molar-refractivity contribution in [3.63, 3.8) is 0 Å². The molecule has 2 fully saturated rings. The van der Waals surface area contributed by atoms with Gasteiger partial charge in [0.2, 0.25) is 0 Å². The number of benzene rings is 1. The van der Waals surface area contributed by atoms with Gasteiger partial charge in [-0.25, -0.2) is 9.97 Å². The van der Waals surface area contributed by atoms with Gasteiger partial charge in [0.1, 0.15) is 30.7 Å². The van der Waals surface area contributed by atoms with E-state index >= 15 is 0 Å². The van der Waals surface area contributed by atoms with Crippen LogP contribution < -0.4 is 10.6 Å². The first-order chi connectivity index (χ1) is 18.3. The molecule has 1 spiro atoms. The molecule has 3 N–H and O–H groups in total. The Morgan fingerprint density at radius 1 is 1.24 bits per heavy atom. The normalized spacial score (nSPS) is 19.7. The lowest BCUT2D eigenvalue weighted by molar-refractivity contribution is -0.143. The van der Waals surface area contributed by atoms with E-state index in [0.717, 1.165) is 32.4 Å². The number of β-amino-alcohol motifs (C(OH)–C–C–N with tert-alkyl or cyclic N) is 1. The predicted octanol–water partition coefficient (Wildman–Crippen LogP) is 1.05. The molecule has 0 bridgehead atoms. The number of nitrogens with one attached hydrogen (secondary N) is 2. The number of aliphatic hydroxyl groups is 1. The van der Waals surface area contributed by atoms with Crippen LogP contribution in [0, 0.1) is 5.41 Å². The average Bonchev–Trinajstić information content (AvgIpc) is 2.87. The fourth-order valence-electron chi connectivity index (χ4n) is 5.80. The number of fused-ring (bicyclic) bond motifs is 1. The number of carbonyl (C=O) groups is 2. The Balaban J connectivity index is 1.04. The molecule has 1 saturated carbocycles. The molecule has 0 unspecified atom stereocenters. The molecule has 5 rings (SSSR count). The van der Waals surface area contributed by atoms with Crippen molar-refractivity contribution in [2.45, 2.75) is 44.9 Å². The maximum absolute atomic E-state index is 12.7. The van der Waals surface area contributed by atoms with E-state index in [4.69, 9.17) is 0 Å². The standard InChI is InChI=1S/C27H35N7O4/c1-18(32-38-2)26(37)34-15-27(16-34)10-21(11-27)31-24-9-23(29-17-30-24)25(36)28-12-22(35)14-33-8-7-19-5-3-4-6-20(19)13-33/h3-6,9,17,21-22,35H,7-8,10-16H2,1-2H3,(H,28,36)(H,29,30,31)/t22-/m0/s1. The van der Waals surface area contributed by atoms with Gasteiger partial charge in [-0.3, -0.25) is 14.5 Å². The zero-order chi connectivity index (χ0) is 26.7. The third kappa shape index (κ3) is 5.78.